The highest BCUT2D eigenvalue weighted by atomic mass is 16.6. The minimum Gasteiger partial charge on any atom is -0.469 e. The Morgan fingerprint density at radius 2 is 1.15 bits per heavy atom. The molecule has 19 nitrogen and oxygen atoms in total. The lowest BCUT2D eigenvalue weighted by atomic mass is 9.67. The third-order valence-electron chi connectivity index (χ3n) is 23.8. The highest BCUT2D eigenvalue weighted by Crippen LogP contribution is 2.64. The van der Waals surface area contributed by atoms with Crippen LogP contribution in [0.25, 0.3) is 0 Å². The fraction of sp³-hybridized carbons (Fsp3) is 0.847. The van der Waals surface area contributed by atoms with E-state index in [0.29, 0.717) is 41.4 Å². The molecule has 12 saturated heterocycles. The van der Waals surface area contributed by atoms with Crippen LogP contribution in [0, 0.1) is 151 Å². The number of carbonyl (C=O) groups is 7. The summed E-state index contributed by atoms with van der Waals surface area (Å²) in [6.45, 7) is 19.8. The number of fused-ring (bicyclic) bond motifs is 10. The number of nitrogens with zero attached hydrogens (tertiary/aromatic N) is 2. The molecule has 78 heavy (non-hydrogen) atoms. The smallest absolute Gasteiger partial charge is 0.313 e. The minimum absolute atomic E-state index is 0.0220. The average Bonchev–Trinajstić information content (AvgIpc) is 4.38. The van der Waals surface area contributed by atoms with Crippen LogP contribution in [-0.2, 0) is 80.9 Å². The largest absolute Gasteiger partial charge is 0.469 e. The molecule has 30 unspecified atom stereocenters. The molecule has 0 aromatic carbocycles. The highest BCUT2D eigenvalue weighted by molar-refractivity contribution is 5.86. The Morgan fingerprint density at radius 3 is 1.82 bits per heavy atom. The van der Waals surface area contributed by atoms with Gasteiger partial charge in [-0.25, -0.2) is 0 Å². The molecule has 0 spiro atoms. The molecule has 0 N–H and O–H groups in total. The van der Waals surface area contributed by atoms with Crippen molar-refractivity contribution < 1.29 is 80.9 Å². The van der Waals surface area contributed by atoms with Crippen LogP contribution >= 0.6 is 0 Å². The Balaban J connectivity index is 0.0000000892. The topological polar surface area (TPSA) is 259 Å². The number of cyclic esters (lactones) is 1. The zero-order chi connectivity index (χ0) is 55.3. The molecule has 0 aromatic rings. The maximum Gasteiger partial charge on any atom is 0.313 e. The van der Waals surface area contributed by atoms with Gasteiger partial charge in [-0.15, -0.1) is 0 Å². The Morgan fingerprint density at radius 1 is 0.500 bits per heavy atom. The molecule has 0 amide bonds. The zero-order valence-electron chi connectivity index (χ0n) is 46.1. The van der Waals surface area contributed by atoms with Gasteiger partial charge in [0.25, 0.3) is 0 Å². The summed E-state index contributed by atoms with van der Waals surface area (Å²) < 4.78 is 53.3. The number of esters is 7. The maximum atomic E-state index is 11.6. The van der Waals surface area contributed by atoms with Crippen molar-refractivity contribution in [3.05, 3.63) is 0 Å². The van der Waals surface area contributed by atoms with Crippen molar-refractivity contribution in [2.45, 2.75) is 168 Å². The fourth-order valence-electron chi connectivity index (χ4n) is 19.6. The van der Waals surface area contributed by atoms with Gasteiger partial charge in [0.2, 0.25) is 0 Å². The van der Waals surface area contributed by atoms with Crippen molar-refractivity contribution in [3.63, 3.8) is 0 Å². The van der Waals surface area contributed by atoms with E-state index in [9.17, 15) is 33.6 Å². The van der Waals surface area contributed by atoms with E-state index in [2.05, 4.69) is 53.7 Å². The average molecular weight is 1080 g/mol. The van der Waals surface area contributed by atoms with Gasteiger partial charge in [-0.1, -0.05) is 62.3 Å². The summed E-state index contributed by atoms with van der Waals surface area (Å²) in [5.41, 5.74) is 0.0778. The van der Waals surface area contributed by atoms with Crippen LogP contribution in [0.5, 0.6) is 0 Å². The molecule has 19 heteroatoms. The summed E-state index contributed by atoms with van der Waals surface area (Å²) in [5.74, 6) is 3.46. The number of hydrogen-bond acceptors (Lipinski definition) is 19. The Bertz CT molecular complexity index is 2640. The van der Waals surface area contributed by atoms with Crippen LogP contribution in [0.4, 0.5) is 0 Å². The van der Waals surface area contributed by atoms with E-state index in [4.69, 9.17) is 57.9 Å². The van der Waals surface area contributed by atoms with Gasteiger partial charge in [-0.05, 0) is 74.0 Å². The van der Waals surface area contributed by atoms with E-state index in [1.165, 1.54) is 26.4 Å². The fourth-order valence-corrected chi connectivity index (χ4v) is 19.6. The molecule has 422 valence electrons. The van der Waals surface area contributed by atoms with Gasteiger partial charge in [0.1, 0.15) is 60.7 Å². The Hall–Kier alpha value is -4.85. The van der Waals surface area contributed by atoms with Gasteiger partial charge >= 0.3 is 41.8 Å². The monoisotopic (exact) mass is 1080 g/mol. The summed E-state index contributed by atoms with van der Waals surface area (Å²) in [6.07, 6.45) is 6.41. The summed E-state index contributed by atoms with van der Waals surface area (Å²) in [4.78, 5) is 80.0. The van der Waals surface area contributed by atoms with Crippen LogP contribution in [0.1, 0.15) is 101 Å². The Kier molecular flexibility index (Phi) is 12.0. The predicted octanol–water partition coefficient (Wildman–Crippen LogP) is 4.93. The maximum absolute atomic E-state index is 11.6. The summed E-state index contributed by atoms with van der Waals surface area (Å²) in [5, 5.41) is 18.0. The number of rotatable bonds is 1. The molecule has 0 aromatic heterocycles. The minimum atomic E-state index is -0.471. The molecule has 0 radical (unpaired) electrons. The van der Waals surface area contributed by atoms with E-state index in [1.54, 1.807) is 0 Å². The molecule has 12 heterocycles. The lowest BCUT2D eigenvalue weighted by Crippen LogP contribution is -2.43. The summed E-state index contributed by atoms with van der Waals surface area (Å²) in [7, 11) is 1.33. The predicted molar refractivity (Wildman–Crippen MR) is 262 cm³/mol. The highest BCUT2D eigenvalue weighted by Gasteiger charge is 2.73. The molecular weight excluding hydrogens is 1010 g/mol. The first kappa shape index (κ1) is 52.5. The molecule has 30 atom stereocenters. The van der Waals surface area contributed by atoms with Crippen LogP contribution in [0.2, 0.25) is 0 Å². The van der Waals surface area contributed by atoms with Crippen molar-refractivity contribution in [2.75, 3.05) is 13.7 Å². The molecule has 18 aliphatic rings. The van der Waals surface area contributed by atoms with Gasteiger partial charge in [0.05, 0.1) is 85.6 Å². The number of ether oxygens (including phenoxy) is 10. The quantitative estimate of drug-likeness (QED) is 0.249. The first-order chi connectivity index (χ1) is 36.9. The second-order valence-corrected chi connectivity index (χ2v) is 28.2. The van der Waals surface area contributed by atoms with Crippen molar-refractivity contribution in [2.24, 2.45) is 129 Å². The molecule has 18 fully saturated rings. The SMILES string of the molecule is CC1(C)C2CC3C(=O)OC1C3C2.CC1(C)C2CC3C(=O)OC1C3O2.CC1(C)C2OC3C(C(=O)OC31)C2C#N.CC1C2CC3C1OC(=O)C3C2C#N.CC1CC2CC1C1COC(=O)C21.COC(=O)C1C2OC3C(OC(=O)C31)C2C. The first-order valence-electron chi connectivity index (χ1n) is 29.0. The van der Waals surface area contributed by atoms with Gasteiger partial charge in [0.15, 0.2) is 0 Å². The molecule has 6 saturated carbocycles. The molecule has 12 bridgehead atoms. The van der Waals surface area contributed by atoms with E-state index in [0.717, 1.165) is 43.6 Å². The van der Waals surface area contributed by atoms with Gasteiger partial charge < -0.3 is 47.4 Å². The Labute approximate surface area is 454 Å². The second kappa shape index (κ2) is 17.8. The van der Waals surface area contributed by atoms with Crippen molar-refractivity contribution in [3.8, 4) is 12.1 Å². The van der Waals surface area contributed by atoms with Gasteiger partial charge in [-0.2, -0.15) is 10.5 Å². The van der Waals surface area contributed by atoms with Crippen molar-refractivity contribution in [1.82, 2.24) is 0 Å². The lowest BCUT2D eigenvalue weighted by molar-refractivity contribution is -0.153. The van der Waals surface area contributed by atoms with E-state index < -0.39 is 11.8 Å². The van der Waals surface area contributed by atoms with E-state index >= 15 is 0 Å². The van der Waals surface area contributed by atoms with Crippen LogP contribution in [-0.4, -0.2) is 123 Å². The standard InChI is InChI=1S/C10H11NO3.C10H11NO2.C10H12O5.2C10H14O2.C9H12O3/c1-10(2)7-4(3-11)5-6(13-7)8(10)14-9(5)12;1-4-5-2-6-8(7(5)3-11)10(12)13-9(4)6;1-3-6-4(9(11)13-2)5-8(14-6)7(3)15-10(5)12;1-10(2)5-3-6-7(4-5)9(11)12-8(6)10;1-5-2-6-3-7(5)8-4-12-10(11)9(6)8;1-9(2)5-3-4-6(11-5)7(9)12-8(4)10/h4-8H,1-2H3;4-9H,2H2,1H3;3-8H,1-2H3;5-8H,3-4H2,1-2H3;5-9H,2-4H2,1H3;4-7H,3H2,1-2H3. The van der Waals surface area contributed by atoms with Gasteiger partial charge in [-0.3, -0.25) is 33.6 Å². The van der Waals surface area contributed by atoms with Crippen LogP contribution in [0.3, 0.4) is 0 Å². The normalized spacial score (nSPS) is 53.3. The molecule has 12 aliphatic heterocycles. The molecular formula is C59H74N2O17. The number of hydrogen-bond donors (Lipinski definition) is 0. The van der Waals surface area contributed by atoms with Crippen molar-refractivity contribution in [1.29, 1.82) is 10.5 Å². The third kappa shape index (κ3) is 7.09. The number of carbonyl (C=O) groups excluding carboxylic acids is 7. The van der Waals surface area contributed by atoms with E-state index in [-0.39, 0.29) is 167 Å². The zero-order valence-corrected chi connectivity index (χ0v) is 46.1. The third-order valence-corrected chi connectivity index (χ3v) is 23.8. The van der Waals surface area contributed by atoms with Crippen LogP contribution < -0.4 is 0 Å². The van der Waals surface area contributed by atoms with Crippen LogP contribution in [0.15, 0.2) is 0 Å². The second-order valence-electron chi connectivity index (χ2n) is 28.2. The molecule has 18 rings (SSSR count). The number of nitriles is 2. The number of methoxy groups -OCH3 is 1. The van der Waals surface area contributed by atoms with Gasteiger partial charge in [0, 0.05) is 39.9 Å². The first-order valence-corrected chi connectivity index (χ1v) is 29.0. The lowest BCUT2D eigenvalue weighted by Gasteiger charge is -2.32. The van der Waals surface area contributed by atoms with Crippen molar-refractivity contribution >= 4 is 41.8 Å². The van der Waals surface area contributed by atoms with E-state index in [1.807, 2.05) is 20.8 Å². The molecule has 6 aliphatic carbocycles. The summed E-state index contributed by atoms with van der Waals surface area (Å²) in [6, 6.07) is 4.47. The summed E-state index contributed by atoms with van der Waals surface area (Å²) >= 11 is 0.